The third kappa shape index (κ3) is 2.84. The maximum absolute atomic E-state index is 12.9. The number of nitrogens with zero attached hydrogens (tertiary/aromatic N) is 2. The van der Waals surface area contributed by atoms with Crippen LogP contribution in [0.5, 0.6) is 0 Å². The van der Waals surface area contributed by atoms with Crippen LogP contribution >= 0.6 is 11.8 Å². The quantitative estimate of drug-likeness (QED) is 0.755. The highest BCUT2D eigenvalue weighted by atomic mass is 32.2. The molecule has 4 rings (SSSR count). The summed E-state index contributed by atoms with van der Waals surface area (Å²) in [5.74, 6) is -1.27. The van der Waals surface area contributed by atoms with Gasteiger partial charge >= 0.3 is 0 Å². The Bertz CT molecular complexity index is 1120. The molecule has 0 radical (unpaired) electrons. The number of aryl methyl sites for hydroxylation is 1. The molecule has 1 saturated heterocycles. The first kappa shape index (κ1) is 18.2. The number of fused-ring (bicyclic) bond motifs is 1. The fourth-order valence-corrected chi connectivity index (χ4v) is 4.18. The third-order valence-corrected chi connectivity index (χ3v) is 5.78. The van der Waals surface area contributed by atoms with Gasteiger partial charge in [-0.25, -0.2) is 9.89 Å². The van der Waals surface area contributed by atoms with E-state index in [1.807, 2.05) is 32.0 Å². The van der Waals surface area contributed by atoms with Gasteiger partial charge in [0.05, 0.1) is 21.9 Å². The van der Waals surface area contributed by atoms with Crippen molar-refractivity contribution in [1.82, 2.24) is 5.32 Å². The Morgan fingerprint density at radius 3 is 2.57 bits per heavy atom. The Kier molecular flexibility index (Phi) is 4.39. The molecule has 28 heavy (non-hydrogen) atoms. The summed E-state index contributed by atoms with van der Waals surface area (Å²) in [6.07, 6.45) is 0. The van der Waals surface area contributed by atoms with Gasteiger partial charge in [0.25, 0.3) is 11.8 Å². The van der Waals surface area contributed by atoms with Crippen molar-refractivity contribution in [2.75, 3.05) is 4.90 Å². The van der Waals surface area contributed by atoms with Crippen molar-refractivity contribution in [1.29, 1.82) is 0 Å². The van der Waals surface area contributed by atoms with Crippen molar-refractivity contribution in [3.05, 3.63) is 64.1 Å². The van der Waals surface area contributed by atoms with E-state index in [4.69, 9.17) is 0 Å². The van der Waals surface area contributed by atoms with Crippen molar-refractivity contribution in [2.45, 2.75) is 20.8 Å². The number of carbonyl (C=O) groups excluding carboxylic acids is 3. The van der Waals surface area contributed by atoms with Gasteiger partial charge in [-0.05, 0) is 48.9 Å². The van der Waals surface area contributed by atoms with Crippen LogP contribution in [0.2, 0.25) is 0 Å². The number of nitrogens with one attached hydrogen (secondary N) is 1. The minimum absolute atomic E-state index is 0.236. The van der Waals surface area contributed by atoms with E-state index in [0.29, 0.717) is 16.4 Å². The molecule has 2 aromatic rings. The van der Waals surface area contributed by atoms with Crippen LogP contribution in [0, 0.1) is 13.8 Å². The average molecular weight is 391 g/mol. The molecule has 2 aromatic carbocycles. The molecule has 2 aliphatic heterocycles. The van der Waals surface area contributed by atoms with Crippen molar-refractivity contribution in [2.24, 2.45) is 4.99 Å². The summed E-state index contributed by atoms with van der Waals surface area (Å²) in [6.45, 7) is 5.30. The average Bonchev–Trinajstić information content (AvgIpc) is 3.14. The maximum Gasteiger partial charge on any atom is 0.267 e. The monoisotopic (exact) mass is 391 g/mol. The first-order valence-corrected chi connectivity index (χ1v) is 9.53. The number of thioether (sulfide) groups is 1. The van der Waals surface area contributed by atoms with Crippen molar-refractivity contribution in [3.63, 3.8) is 0 Å². The number of hydrogen-bond donors (Lipinski definition) is 1. The summed E-state index contributed by atoms with van der Waals surface area (Å²) in [7, 11) is 0. The molecule has 140 valence electrons. The maximum atomic E-state index is 12.9. The van der Waals surface area contributed by atoms with Gasteiger partial charge in [0, 0.05) is 12.5 Å². The first-order valence-electron chi connectivity index (χ1n) is 8.71. The molecule has 0 aliphatic carbocycles. The van der Waals surface area contributed by atoms with Gasteiger partial charge < -0.3 is 5.32 Å². The molecule has 0 bridgehead atoms. The molecule has 0 unspecified atom stereocenters. The molecule has 1 fully saturated rings. The smallest absolute Gasteiger partial charge is 0.267 e. The number of rotatable bonds is 1. The van der Waals surface area contributed by atoms with E-state index in [0.717, 1.165) is 33.5 Å². The second-order valence-corrected chi connectivity index (χ2v) is 7.57. The van der Waals surface area contributed by atoms with Crippen LogP contribution in [0.4, 0.5) is 11.4 Å². The number of para-hydroxylation sites is 1. The summed E-state index contributed by atoms with van der Waals surface area (Å²) < 4.78 is 0. The van der Waals surface area contributed by atoms with Gasteiger partial charge in [0.2, 0.25) is 5.91 Å². The Labute approximate surface area is 166 Å². The van der Waals surface area contributed by atoms with Crippen LogP contribution in [0.3, 0.4) is 0 Å². The lowest BCUT2D eigenvalue weighted by Gasteiger charge is -2.11. The highest BCUT2D eigenvalue weighted by molar-refractivity contribution is 8.18. The third-order valence-electron chi connectivity index (χ3n) is 4.80. The summed E-state index contributed by atoms with van der Waals surface area (Å²) in [5.41, 5.74) is 4.20. The standard InChI is InChI=1S/C21H17N3O3S/c1-11-7-6-9-15(12(11)2)22-21-23-19(26)18(28-21)17-14-8-4-5-10-16(14)24(13(3)25)20(17)27/h4-10H,1-3H3,(H,22,23,26)/b18-17-. The molecule has 1 N–H and O–H groups in total. The zero-order valence-corrected chi connectivity index (χ0v) is 16.4. The van der Waals surface area contributed by atoms with E-state index in [1.54, 1.807) is 24.3 Å². The largest absolute Gasteiger partial charge is 0.300 e. The second-order valence-electron chi connectivity index (χ2n) is 6.57. The first-order chi connectivity index (χ1) is 13.4. The van der Waals surface area contributed by atoms with E-state index in [9.17, 15) is 14.4 Å². The van der Waals surface area contributed by atoms with Crippen LogP contribution < -0.4 is 10.2 Å². The Morgan fingerprint density at radius 1 is 1.07 bits per heavy atom. The summed E-state index contributed by atoms with van der Waals surface area (Å²) in [6, 6.07) is 12.8. The molecule has 2 aliphatic rings. The number of aliphatic imine (C=N–C) groups is 1. The molecule has 7 heteroatoms. The minimum atomic E-state index is -0.487. The zero-order chi connectivity index (χ0) is 20.0. The van der Waals surface area contributed by atoms with Crippen LogP contribution in [-0.2, 0) is 14.4 Å². The molecule has 6 nitrogen and oxygen atoms in total. The number of imide groups is 1. The van der Waals surface area contributed by atoms with Gasteiger partial charge in [-0.3, -0.25) is 14.4 Å². The summed E-state index contributed by atoms with van der Waals surface area (Å²) >= 11 is 1.12. The van der Waals surface area contributed by atoms with Crippen LogP contribution in [0.25, 0.3) is 5.57 Å². The number of carbonyl (C=O) groups is 3. The summed E-state index contributed by atoms with van der Waals surface area (Å²) in [4.78, 5) is 43.4. The lowest BCUT2D eigenvalue weighted by Crippen LogP contribution is -2.31. The molecular formula is C21H17N3O3S. The number of hydrogen-bond acceptors (Lipinski definition) is 5. The van der Waals surface area contributed by atoms with E-state index in [2.05, 4.69) is 10.3 Å². The van der Waals surface area contributed by atoms with Crippen LogP contribution in [0.1, 0.15) is 23.6 Å². The molecule has 0 spiro atoms. The number of amides is 3. The highest BCUT2D eigenvalue weighted by Gasteiger charge is 2.40. The molecule has 0 saturated carbocycles. The fourth-order valence-electron chi connectivity index (χ4n) is 3.25. The van der Waals surface area contributed by atoms with Gasteiger partial charge in [-0.1, -0.05) is 30.3 Å². The molecule has 0 atom stereocenters. The lowest BCUT2D eigenvalue weighted by molar-refractivity contribution is -0.122. The van der Waals surface area contributed by atoms with Gasteiger partial charge in [0.1, 0.15) is 0 Å². The molecule has 0 aromatic heterocycles. The SMILES string of the molecule is CC(=O)N1C(=O)/C(=C2\SC(=Nc3cccc(C)c3C)NC2=O)c2ccccc21. The molecule has 3 amide bonds. The minimum Gasteiger partial charge on any atom is -0.300 e. The zero-order valence-electron chi connectivity index (χ0n) is 15.6. The normalized spacial score (nSPS) is 20.0. The highest BCUT2D eigenvalue weighted by Crippen LogP contribution is 2.42. The van der Waals surface area contributed by atoms with E-state index in [1.165, 1.54) is 6.92 Å². The van der Waals surface area contributed by atoms with Gasteiger partial charge in [0.15, 0.2) is 5.17 Å². The molecular weight excluding hydrogens is 374 g/mol. The number of benzene rings is 2. The number of amidine groups is 1. The van der Waals surface area contributed by atoms with Crippen molar-refractivity contribution >= 4 is 51.6 Å². The topological polar surface area (TPSA) is 78.8 Å². The predicted molar refractivity (Wildman–Crippen MR) is 110 cm³/mol. The second kappa shape index (κ2) is 6.76. The van der Waals surface area contributed by atoms with Crippen molar-refractivity contribution < 1.29 is 14.4 Å². The summed E-state index contributed by atoms with van der Waals surface area (Å²) in [5, 5.41) is 3.14. The Hall–Kier alpha value is -3.19. The lowest BCUT2D eigenvalue weighted by atomic mass is 10.1. The number of anilines is 1. The Morgan fingerprint density at radius 2 is 1.82 bits per heavy atom. The van der Waals surface area contributed by atoms with E-state index < -0.39 is 11.8 Å². The van der Waals surface area contributed by atoms with Gasteiger partial charge in [-0.15, -0.1) is 0 Å². The van der Waals surface area contributed by atoms with E-state index in [-0.39, 0.29) is 16.4 Å². The molecule has 2 heterocycles. The van der Waals surface area contributed by atoms with Crippen LogP contribution in [0.15, 0.2) is 52.4 Å². The fraction of sp³-hybridized carbons (Fsp3) is 0.143. The van der Waals surface area contributed by atoms with Gasteiger partial charge in [-0.2, -0.15) is 0 Å². The Balaban J connectivity index is 1.80. The van der Waals surface area contributed by atoms with Crippen LogP contribution in [-0.4, -0.2) is 22.9 Å². The predicted octanol–water partition coefficient (Wildman–Crippen LogP) is 3.46. The van der Waals surface area contributed by atoms with E-state index >= 15 is 0 Å². The van der Waals surface area contributed by atoms with Crippen molar-refractivity contribution in [3.8, 4) is 0 Å².